The molecule has 17 heavy (non-hydrogen) atoms. The number of hydrogen-bond acceptors (Lipinski definition) is 3. The fourth-order valence-corrected chi connectivity index (χ4v) is 1.97. The third kappa shape index (κ3) is 3.11. The zero-order valence-corrected chi connectivity index (χ0v) is 10.3. The van der Waals surface area contributed by atoms with E-state index in [0.29, 0.717) is 0 Å². The summed E-state index contributed by atoms with van der Waals surface area (Å²) in [5, 5.41) is 8.13. The maximum Gasteiger partial charge on any atom is 0.185 e. The minimum absolute atomic E-state index is 0.141. The zero-order chi connectivity index (χ0) is 12.1. The molecule has 1 aromatic heterocycles. The maximum atomic E-state index is 10.7. The molecule has 1 N–H and O–H groups in total. The van der Waals surface area contributed by atoms with E-state index in [9.17, 15) is 4.79 Å². The lowest BCUT2D eigenvalue weighted by molar-refractivity contribution is -0.109. The molecule has 0 fully saturated rings. The van der Waals surface area contributed by atoms with Crippen LogP contribution in [0, 0.1) is 11.8 Å². The first kappa shape index (κ1) is 11.7. The van der Waals surface area contributed by atoms with Gasteiger partial charge < -0.3 is 0 Å². The van der Waals surface area contributed by atoms with Gasteiger partial charge in [0.05, 0.1) is 17.3 Å². The van der Waals surface area contributed by atoms with Crippen LogP contribution in [0.1, 0.15) is 18.9 Å². The molecule has 2 rings (SSSR count). The predicted molar refractivity (Wildman–Crippen MR) is 70.7 cm³/mol. The van der Waals surface area contributed by atoms with Gasteiger partial charge in [-0.15, -0.1) is 0 Å². The number of para-hydroxylation sites is 1. The van der Waals surface area contributed by atoms with E-state index in [-0.39, 0.29) is 5.12 Å². The number of carbonyl (C=O) groups is 1. The SMILES string of the molecule is CC(=O)SCCC#Cc1cccc2cn[nH]c12. The first-order valence-corrected chi connectivity index (χ1v) is 6.30. The lowest BCUT2D eigenvalue weighted by atomic mass is 10.1. The third-order valence-corrected chi connectivity index (χ3v) is 3.05. The van der Waals surface area contributed by atoms with Crippen molar-refractivity contribution in [3.63, 3.8) is 0 Å². The van der Waals surface area contributed by atoms with Gasteiger partial charge in [-0.25, -0.2) is 0 Å². The van der Waals surface area contributed by atoms with Crippen LogP contribution < -0.4 is 0 Å². The van der Waals surface area contributed by atoms with Crippen LogP contribution in [0.4, 0.5) is 0 Å². The molecule has 0 atom stereocenters. The largest absolute Gasteiger partial charge is 0.288 e. The first-order valence-electron chi connectivity index (χ1n) is 5.31. The van der Waals surface area contributed by atoms with Crippen LogP contribution in [0.5, 0.6) is 0 Å². The Morgan fingerprint density at radius 2 is 2.41 bits per heavy atom. The van der Waals surface area contributed by atoms with Crippen molar-refractivity contribution in [2.45, 2.75) is 13.3 Å². The van der Waals surface area contributed by atoms with Gasteiger partial charge in [-0.1, -0.05) is 35.7 Å². The van der Waals surface area contributed by atoms with Crippen molar-refractivity contribution in [1.82, 2.24) is 10.2 Å². The zero-order valence-electron chi connectivity index (χ0n) is 9.49. The molecule has 0 radical (unpaired) electrons. The third-order valence-electron chi connectivity index (χ3n) is 2.23. The number of hydrogen-bond donors (Lipinski definition) is 1. The van der Waals surface area contributed by atoms with Gasteiger partial charge in [0.2, 0.25) is 0 Å². The van der Waals surface area contributed by atoms with Crippen LogP contribution >= 0.6 is 11.8 Å². The van der Waals surface area contributed by atoms with Crippen molar-refractivity contribution < 1.29 is 4.79 Å². The van der Waals surface area contributed by atoms with Crippen LogP contribution in [-0.4, -0.2) is 21.1 Å². The molecule has 0 spiro atoms. The standard InChI is InChI=1S/C13H12N2OS/c1-10(16)17-8-3-2-5-11-6-4-7-12-9-14-15-13(11)12/h4,6-7,9H,3,8H2,1H3,(H,14,15). The van der Waals surface area contributed by atoms with Gasteiger partial charge in [0.15, 0.2) is 5.12 Å². The number of aromatic nitrogens is 2. The number of aromatic amines is 1. The number of H-pyrrole nitrogens is 1. The Kier molecular flexibility index (Phi) is 3.84. The highest BCUT2D eigenvalue weighted by atomic mass is 32.2. The van der Waals surface area contributed by atoms with E-state index < -0.39 is 0 Å². The summed E-state index contributed by atoms with van der Waals surface area (Å²) in [5.74, 6) is 6.92. The number of thioether (sulfide) groups is 1. The number of nitrogens with zero attached hydrogens (tertiary/aromatic N) is 1. The van der Waals surface area contributed by atoms with E-state index in [1.54, 1.807) is 13.1 Å². The average Bonchev–Trinajstić information content (AvgIpc) is 2.77. The minimum Gasteiger partial charge on any atom is -0.288 e. The molecule has 0 amide bonds. The number of fused-ring (bicyclic) bond motifs is 1. The Balaban J connectivity index is 2.05. The fourth-order valence-electron chi connectivity index (χ4n) is 1.48. The summed E-state index contributed by atoms with van der Waals surface area (Å²) in [5.41, 5.74) is 1.92. The average molecular weight is 244 g/mol. The van der Waals surface area contributed by atoms with Crippen LogP contribution in [0.2, 0.25) is 0 Å². The van der Waals surface area contributed by atoms with Crippen molar-refractivity contribution in [3.05, 3.63) is 30.0 Å². The number of carbonyl (C=O) groups excluding carboxylic acids is 1. The highest BCUT2D eigenvalue weighted by molar-refractivity contribution is 8.13. The molecular formula is C13H12N2OS. The second kappa shape index (κ2) is 5.55. The first-order chi connectivity index (χ1) is 8.27. The van der Waals surface area contributed by atoms with E-state index in [1.165, 1.54) is 11.8 Å². The second-order valence-corrected chi connectivity index (χ2v) is 4.80. The highest BCUT2D eigenvalue weighted by Crippen LogP contribution is 2.14. The molecule has 0 saturated carbocycles. The highest BCUT2D eigenvalue weighted by Gasteiger charge is 1.98. The molecule has 4 heteroatoms. The summed E-state index contributed by atoms with van der Waals surface area (Å²) in [4.78, 5) is 10.7. The van der Waals surface area contributed by atoms with Crippen LogP contribution in [-0.2, 0) is 4.79 Å². The van der Waals surface area contributed by atoms with E-state index in [4.69, 9.17) is 0 Å². The lowest BCUT2D eigenvalue weighted by Crippen LogP contribution is -1.84. The lowest BCUT2D eigenvalue weighted by Gasteiger charge is -1.92. The van der Waals surface area contributed by atoms with E-state index in [1.807, 2.05) is 18.2 Å². The topological polar surface area (TPSA) is 45.8 Å². The maximum absolute atomic E-state index is 10.7. The van der Waals surface area contributed by atoms with Crippen LogP contribution in [0.25, 0.3) is 10.9 Å². The van der Waals surface area contributed by atoms with E-state index in [0.717, 1.165) is 28.6 Å². The Labute approximate surface area is 104 Å². The summed E-state index contributed by atoms with van der Waals surface area (Å²) < 4.78 is 0. The van der Waals surface area contributed by atoms with Crippen LogP contribution in [0.3, 0.4) is 0 Å². The summed E-state index contributed by atoms with van der Waals surface area (Å²) in [6.07, 6.45) is 2.50. The summed E-state index contributed by atoms with van der Waals surface area (Å²) in [7, 11) is 0. The van der Waals surface area contributed by atoms with E-state index >= 15 is 0 Å². The van der Waals surface area contributed by atoms with Crippen molar-refractivity contribution in [1.29, 1.82) is 0 Å². The summed E-state index contributed by atoms with van der Waals surface area (Å²) in [6.45, 7) is 1.57. The molecule has 0 aliphatic heterocycles. The molecule has 1 aromatic carbocycles. The molecule has 0 aliphatic rings. The smallest absolute Gasteiger partial charge is 0.185 e. The number of benzene rings is 1. The van der Waals surface area contributed by atoms with Crippen molar-refractivity contribution >= 4 is 27.8 Å². The van der Waals surface area contributed by atoms with Gasteiger partial charge >= 0.3 is 0 Å². The Morgan fingerprint density at radius 1 is 1.53 bits per heavy atom. The van der Waals surface area contributed by atoms with Gasteiger partial charge in [-0.2, -0.15) is 5.10 Å². The molecule has 3 nitrogen and oxygen atoms in total. The normalized spacial score (nSPS) is 9.94. The van der Waals surface area contributed by atoms with Gasteiger partial charge in [0, 0.05) is 24.5 Å². The molecule has 0 saturated heterocycles. The molecule has 0 unspecified atom stereocenters. The second-order valence-electron chi connectivity index (χ2n) is 3.53. The molecule has 0 aliphatic carbocycles. The molecule has 1 heterocycles. The quantitative estimate of drug-likeness (QED) is 0.652. The Morgan fingerprint density at radius 3 is 3.24 bits per heavy atom. The van der Waals surface area contributed by atoms with Gasteiger partial charge in [0.25, 0.3) is 0 Å². The fraction of sp³-hybridized carbons (Fsp3) is 0.231. The number of nitrogens with one attached hydrogen (secondary N) is 1. The van der Waals surface area contributed by atoms with Gasteiger partial charge in [-0.05, 0) is 6.07 Å². The van der Waals surface area contributed by atoms with Gasteiger partial charge in [-0.3, -0.25) is 9.89 Å². The Bertz CT molecular complexity index is 592. The molecular weight excluding hydrogens is 232 g/mol. The van der Waals surface area contributed by atoms with Crippen molar-refractivity contribution in [3.8, 4) is 11.8 Å². The molecule has 0 bridgehead atoms. The predicted octanol–water partition coefficient (Wildman–Crippen LogP) is 2.58. The summed E-state index contributed by atoms with van der Waals surface area (Å²) in [6, 6.07) is 5.92. The van der Waals surface area contributed by atoms with Crippen molar-refractivity contribution in [2.75, 3.05) is 5.75 Å². The summed E-state index contributed by atoms with van der Waals surface area (Å²) >= 11 is 1.31. The van der Waals surface area contributed by atoms with Crippen LogP contribution in [0.15, 0.2) is 24.4 Å². The Hall–Kier alpha value is -1.73. The van der Waals surface area contributed by atoms with Crippen molar-refractivity contribution in [2.24, 2.45) is 0 Å². The molecule has 86 valence electrons. The minimum atomic E-state index is 0.141. The van der Waals surface area contributed by atoms with Gasteiger partial charge in [0.1, 0.15) is 0 Å². The monoisotopic (exact) mass is 244 g/mol. The molecule has 2 aromatic rings. The number of rotatable bonds is 2. The van der Waals surface area contributed by atoms with E-state index in [2.05, 4.69) is 22.0 Å².